The third-order valence-electron chi connectivity index (χ3n) is 4.60. The van der Waals surface area contributed by atoms with Gasteiger partial charge in [-0.1, -0.05) is 18.2 Å². The molecular formula is C20H21F2N3O3. The fourth-order valence-corrected chi connectivity index (χ4v) is 3.14. The van der Waals surface area contributed by atoms with Crippen molar-refractivity contribution in [1.29, 1.82) is 0 Å². The summed E-state index contributed by atoms with van der Waals surface area (Å²) in [5, 5.41) is 2.13. The molecule has 0 atom stereocenters. The highest BCUT2D eigenvalue weighted by Crippen LogP contribution is 2.28. The lowest BCUT2D eigenvalue weighted by Crippen LogP contribution is -2.49. The number of hydrogen-bond donors (Lipinski definition) is 1. The van der Waals surface area contributed by atoms with Crippen LogP contribution in [0, 0.1) is 11.6 Å². The molecule has 1 heterocycles. The van der Waals surface area contributed by atoms with Crippen LogP contribution in [0.5, 0.6) is 5.75 Å². The smallest absolute Gasteiger partial charge is 0.233 e. The molecule has 28 heavy (non-hydrogen) atoms. The van der Waals surface area contributed by atoms with Crippen molar-refractivity contribution in [2.24, 2.45) is 0 Å². The Kier molecular flexibility index (Phi) is 6.08. The number of carbonyl (C=O) groups excluding carboxylic acids is 2. The fourth-order valence-electron chi connectivity index (χ4n) is 3.14. The molecule has 0 aliphatic carbocycles. The number of ether oxygens (including phenoxy) is 1. The number of methoxy groups -OCH3 is 1. The van der Waals surface area contributed by atoms with Crippen molar-refractivity contribution < 1.29 is 23.1 Å². The van der Waals surface area contributed by atoms with Gasteiger partial charge in [-0.05, 0) is 24.3 Å². The summed E-state index contributed by atoms with van der Waals surface area (Å²) in [7, 11) is 1.61. The maximum absolute atomic E-state index is 13.6. The van der Waals surface area contributed by atoms with E-state index in [1.165, 1.54) is 6.07 Å². The monoisotopic (exact) mass is 389 g/mol. The molecular weight excluding hydrogens is 368 g/mol. The molecule has 2 aromatic carbocycles. The number of benzene rings is 2. The predicted molar refractivity (Wildman–Crippen MR) is 101 cm³/mol. The van der Waals surface area contributed by atoms with Gasteiger partial charge in [0.05, 0.1) is 12.8 Å². The van der Waals surface area contributed by atoms with Crippen LogP contribution in [0.2, 0.25) is 0 Å². The number of para-hydroxylation sites is 3. The van der Waals surface area contributed by atoms with Gasteiger partial charge in [-0.25, -0.2) is 8.78 Å². The van der Waals surface area contributed by atoms with E-state index < -0.39 is 29.6 Å². The molecule has 1 saturated heterocycles. The SMILES string of the molecule is COc1ccccc1N1CCN(C(=O)CC(=O)Nc2c(F)cccc2F)CC1. The molecule has 2 aromatic rings. The minimum absolute atomic E-state index is 0.381. The molecule has 1 fully saturated rings. The van der Waals surface area contributed by atoms with E-state index in [-0.39, 0.29) is 5.91 Å². The van der Waals surface area contributed by atoms with E-state index in [1.54, 1.807) is 12.0 Å². The van der Waals surface area contributed by atoms with Gasteiger partial charge in [0.15, 0.2) is 0 Å². The molecule has 2 amide bonds. The third kappa shape index (κ3) is 4.39. The number of piperazine rings is 1. The summed E-state index contributed by atoms with van der Waals surface area (Å²) in [6, 6.07) is 10.9. The number of amides is 2. The van der Waals surface area contributed by atoms with Crippen molar-refractivity contribution in [3.05, 3.63) is 54.1 Å². The van der Waals surface area contributed by atoms with Crippen LogP contribution in [0.3, 0.4) is 0 Å². The number of rotatable bonds is 5. The van der Waals surface area contributed by atoms with Gasteiger partial charge in [-0.15, -0.1) is 0 Å². The van der Waals surface area contributed by atoms with E-state index in [0.29, 0.717) is 26.2 Å². The second kappa shape index (κ2) is 8.69. The zero-order valence-corrected chi connectivity index (χ0v) is 15.5. The highest BCUT2D eigenvalue weighted by molar-refractivity contribution is 6.03. The van der Waals surface area contributed by atoms with E-state index in [1.807, 2.05) is 24.3 Å². The van der Waals surface area contributed by atoms with Gasteiger partial charge in [-0.3, -0.25) is 9.59 Å². The molecule has 3 rings (SSSR count). The van der Waals surface area contributed by atoms with Crippen LogP contribution in [0.4, 0.5) is 20.2 Å². The van der Waals surface area contributed by atoms with Crippen LogP contribution < -0.4 is 15.0 Å². The Morgan fingerprint density at radius 3 is 2.29 bits per heavy atom. The summed E-state index contributed by atoms with van der Waals surface area (Å²) in [5.41, 5.74) is 0.408. The molecule has 1 aliphatic heterocycles. The Balaban J connectivity index is 1.54. The van der Waals surface area contributed by atoms with Crippen LogP contribution in [-0.2, 0) is 9.59 Å². The first-order chi connectivity index (χ1) is 13.5. The molecule has 0 unspecified atom stereocenters. The summed E-state index contributed by atoms with van der Waals surface area (Å²) >= 11 is 0. The van der Waals surface area contributed by atoms with Crippen molar-refractivity contribution >= 4 is 23.2 Å². The van der Waals surface area contributed by atoms with Crippen molar-refractivity contribution in [3.63, 3.8) is 0 Å². The van der Waals surface area contributed by atoms with Crippen LogP contribution in [0.1, 0.15) is 6.42 Å². The van der Waals surface area contributed by atoms with Gasteiger partial charge in [0.2, 0.25) is 11.8 Å². The number of anilines is 2. The summed E-state index contributed by atoms with van der Waals surface area (Å²) < 4.78 is 32.6. The number of carbonyl (C=O) groups is 2. The normalized spacial score (nSPS) is 14.0. The molecule has 0 aromatic heterocycles. The molecule has 1 N–H and O–H groups in total. The molecule has 0 saturated carbocycles. The zero-order chi connectivity index (χ0) is 20.1. The van der Waals surface area contributed by atoms with Crippen molar-refractivity contribution in [2.45, 2.75) is 6.42 Å². The van der Waals surface area contributed by atoms with Crippen molar-refractivity contribution in [2.75, 3.05) is 43.5 Å². The number of hydrogen-bond acceptors (Lipinski definition) is 4. The second-order valence-corrected chi connectivity index (χ2v) is 6.36. The van der Waals surface area contributed by atoms with Crippen LogP contribution >= 0.6 is 0 Å². The van der Waals surface area contributed by atoms with E-state index in [0.717, 1.165) is 23.6 Å². The molecule has 0 spiro atoms. The molecule has 8 heteroatoms. The number of nitrogens with zero attached hydrogens (tertiary/aromatic N) is 2. The topological polar surface area (TPSA) is 61.9 Å². The summed E-state index contributed by atoms with van der Waals surface area (Å²) in [6.07, 6.45) is -0.470. The molecule has 0 radical (unpaired) electrons. The fraction of sp³-hybridized carbons (Fsp3) is 0.300. The maximum atomic E-state index is 13.6. The standard InChI is InChI=1S/C20H21F2N3O3/c1-28-17-8-3-2-7-16(17)24-9-11-25(12-10-24)19(27)13-18(26)23-20-14(21)5-4-6-15(20)22/h2-8H,9-13H2,1H3,(H,23,26). The summed E-state index contributed by atoms with van der Waals surface area (Å²) in [5.74, 6) is -2.14. The second-order valence-electron chi connectivity index (χ2n) is 6.36. The first kappa shape index (κ1) is 19.6. The summed E-state index contributed by atoms with van der Waals surface area (Å²) in [4.78, 5) is 28.1. The Labute approximate surface area is 161 Å². The third-order valence-corrected chi connectivity index (χ3v) is 4.60. The molecule has 0 bridgehead atoms. The average molecular weight is 389 g/mol. The van der Waals surface area contributed by atoms with Gasteiger partial charge in [-0.2, -0.15) is 0 Å². The van der Waals surface area contributed by atoms with Crippen LogP contribution in [0.15, 0.2) is 42.5 Å². The van der Waals surface area contributed by atoms with E-state index in [2.05, 4.69) is 10.2 Å². The minimum Gasteiger partial charge on any atom is -0.495 e. The average Bonchev–Trinajstić information content (AvgIpc) is 2.71. The van der Waals surface area contributed by atoms with Gasteiger partial charge in [0.1, 0.15) is 29.5 Å². The van der Waals surface area contributed by atoms with Gasteiger partial charge in [0.25, 0.3) is 0 Å². The van der Waals surface area contributed by atoms with Crippen molar-refractivity contribution in [3.8, 4) is 5.75 Å². The predicted octanol–water partition coefficient (Wildman–Crippen LogP) is 2.65. The van der Waals surface area contributed by atoms with E-state index in [4.69, 9.17) is 4.74 Å². The quantitative estimate of drug-likeness (QED) is 0.799. The number of nitrogens with one attached hydrogen (secondary N) is 1. The summed E-state index contributed by atoms with van der Waals surface area (Å²) in [6.45, 7) is 2.07. The van der Waals surface area contributed by atoms with Gasteiger partial charge < -0.3 is 19.9 Å². The lowest BCUT2D eigenvalue weighted by atomic mass is 10.2. The minimum atomic E-state index is -0.883. The van der Waals surface area contributed by atoms with Gasteiger partial charge >= 0.3 is 0 Å². The Hall–Kier alpha value is -3.16. The maximum Gasteiger partial charge on any atom is 0.233 e. The van der Waals surface area contributed by atoms with Crippen molar-refractivity contribution in [1.82, 2.24) is 4.90 Å². The number of halogens is 2. The Morgan fingerprint density at radius 2 is 1.64 bits per heavy atom. The van der Waals surface area contributed by atoms with E-state index >= 15 is 0 Å². The Morgan fingerprint density at radius 1 is 1.00 bits per heavy atom. The Bertz CT molecular complexity index is 847. The van der Waals surface area contributed by atoms with Crippen LogP contribution in [0.25, 0.3) is 0 Å². The van der Waals surface area contributed by atoms with Crippen LogP contribution in [-0.4, -0.2) is 50.0 Å². The lowest BCUT2D eigenvalue weighted by Gasteiger charge is -2.36. The highest BCUT2D eigenvalue weighted by atomic mass is 19.1. The highest BCUT2D eigenvalue weighted by Gasteiger charge is 2.24. The zero-order valence-electron chi connectivity index (χ0n) is 15.5. The largest absolute Gasteiger partial charge is 0.495 e. The first-order valence-electron chi connectivity index (χ1n) is 8.89. The molecule has 1 aliphatic rings. The molecule has 6 nitrogen and oxygen atoms in total. The molecule has 148 valence electrons. The van der Waals surface area contributed by atoms with Gasteiger partial charge in [0, 0.05) is 26.2 Å². The van der Waals surface area contributed by atoms with E-state index in [9.17, 15) is 18.4 Å². The lowest BCUT2D eigenvalue weighted by molar-refractivity contribution is -0.134. The first-order valence-corrected chi connectivity index (χ1v) is 8.89.